The average molecular weight is 843 g/mol. The van der Waals surface area contributed by atoms with E-state index in [-0.39, 0.29) is 23.1 Å². The maximum absolute atomic E-state index is 13.3. The van der Waals surface area contributed by atoms with E-state index in [0.717, 1.165) is 60.0 Å². The fourth-order valence-corrected chi connectivity index (χ4v) is 8.27. The zero-order valence-electron chi connectivity index (χ0n) is 33.4. The van der Waals surface area contributed by atoms with Gasteiger partial charge in [0.25, 0.3) is 5.91 Å². The molecule has 0 unspecified atom stereocenters. The van der Waals surface area contributed by atoms with Gasteiger partial charge < -0.3 is 34.7 Å². The number of carbonyl (C=O) groups excluding carboxylic acids is 2. The summed E-state index contributed by atoms with van der Waals surface area (Å²) in [5, 5.41) is 4.68. The number of piperazine rings is 2. The van der Waals surface area contributed by atoms with Gasteiger partial charge in [0.2, 0.25) is 0 Å². The molecule has 2 fully saturated rings. The van der Waals surface area contributed by atoms with Crippen molar-refractivity contribution in [2.24, 2.45) is 0 Å². The van der Waals surface area contributed by atoms with E-state index in [9.17, 15) is 26.4 Å². The number of amides is 1. The number of fused-ring (bicyclic) bond motifs is 2. The van der Waals surface area contributed by atoms with Crippen molar-refractivity contribution in [3.05, 3.63) is 108 Å². The number of nitrogens with zero attached hydrogens (tertiary/aromatic N) is 3. The molecule has 0 aliphatic carbocycles. The molecule has 0 radical (unpaired) electrons. The predicted octanol–water partition coefficient (Wildman–Crippen LogP) is 5.81. The van der Waals surface area contributed by atoms with Crippen LogP contribution in [0.25, 0.3) is 44.1 Å². The van der Waals surface area contributed by atoms with Crippen LogP contribution in [0, 0.1) is 0 Å². The van der Waals surface area contributed by atoms with Crippen LogP contribution in [0.1, 0.15) is 28.4 Å². The first-order chi connectivity index (χ1) is 27.7. The Hall–Kier alpha value is -5.32. The second kappa shape index (κ2) is 19.2. The zero-order valence-corrected chi connectivity index (χ0v) is 35.0. The number of hydrogen-bond acceptors (Lipinski definition) is 10. The van der Waals surface area contributed by atoms with Crippen molar-refractivity contribution in [1.82, 2.24) is 30.0 Å². The van der Waals surface area contributed by atoms with Crippen LogP contribution in [0.3, 0.4) is 0 Å². The fourth-order valence-electron chi connectivity index (χ4n) is 6.97. The lowest BCUT2D eigenvalue weighted by molar-refractivity contribution is 0.0595. The van der Waals surface area contributed by atoms with E-state index in [1.165, 1.54) is 32.5 Å². The van der Waals surface area contributed by atoms with Gasteiger partial charge in [0.15, 0.2) is 19.7 Å². The highest BCUT2D eigenvalue weighted by atomic mass is 32.2. The highest BCUT2D eigenvalue weighted by molar-refractivity contribution is 7.91. The first kappa shape index (κ1) is 44.8. The van der Waals surface area contributed by atoms with Gasteiger partial charge in [-0.15, -0.1) is 0 Å². The van der Waals surface area contributed by atoms with Gasteiger partial charge >= 0.3 is 5.97 Å². The number of ether oxygens (including phenoxy) is 1. The van der Waals surface area contributed by atoms with E-state index in [2.05, 4.69) is 32.1 Å². The Kier molecular flexibility index (Phi) is 14.5. The summed E-state index contributed by atoms with van der Waals surface area (Å²) in [4.78, 5) is 38.5. The normalized spacial score (nSPS) is 15.0. The van der Waals surface area contributed by atoms with Crippen LogP contribution in [0.2, 0.25) is 0 Å². The van der Waals surface area contributed by atoms with Crippen LogP contribution in [0.5, 0.6) is 0 Å². The minimum absolute atomic E-state index is 0. The molecular weight excluding hydrogens is 789 g/mol. The van der Waals surface area contributed by atoms with E-state index >= 15 is 0 Å². The minimum atomic E-state index is -3.35. The van der Waals surface area contributed by atoms with Crippen LogP contribution in [-0.2, 0) is 24.4 Å². The Morgan fingerprint density at radius 3 is 1.42 bits per heavy atom. The maximum Gasteiger partial charge on any atom is 0.355 e. The van der Waals surface area contributed by atoms with E-state index in [1.54, 1.807) is 30.3 Å². The van der Waals surface area contributed by atoms with Crippen LogP contribution >= 0.6 is 0 Å². The molecule has 4 aromatic carbocycles. The molecule has 2 saturated heterocycles. The van der Waals surface area contributed by atoms with Crippen LogP contribution in [0.15, 0.2) is 107 Å². The molecule has 2 aromatic heterocycles. The van der Waals surface area contributed by atoms with Gasteiger partial charge in [-0.1, -0.05) is 68.1 Å². The molecule has 0 atom stereocenters. The molecule has 13 nitrogen and oxygen atoms in total. The number of esters is 1. The maximum atomic E-state index is 13.3. The molecule has 0 saturated carbocycles. The summed E-state index contributed by atoms with van der Waals surface area (Å²) in [6, 6.07) is 28.7. The number of nitrogens with one attached hydrogen (secondary N) is 3. The van der Waals surface area contributed by atoms with Gasteiger partial charge in [-0.25, -0.2) is 21.6 Å². The van der Waals surface area contributed by atoms with Crippen molar-refractivity contribution in [1.29, 1.82) is 0 Å². The molecule has 0 bridgehead atoms. The summed E-state index contributed by atoms with van der Waals surface area (Å²) >= 11 is 0. The van der Waals surface area contributed by atoms with Crippen LogP contribution < -0.4 is 5.32 Å². The van der Waals surface area contributed by atoms with Gasteiger partial charge in [-0.2, -0.15) is 0 Å². The van der Waals surface area contributed by atoms with Crippen molar-refractivity contribution in [3.63, 3.8) is 0 Å². The summed E-state index contributed by atoms with van der Waals surface area (Å²) in [5.74, 6) is -0.551. The number of rotatable bonds is 6. The Bertz CT molecular complexity index is 2610. The number of benzene rings is 4. The molecule has 2 aliphatic rings. The SMILES string of the molecule is C.CN1CCN(C(=O)c2[nH]c3ccc(S(C)(=O)=O)cc3c2-c2ccccc2)CC1.CN1CCNCC1.COC(=O)c1[nH]c2ccc(S(C)(=O)=O)cc2c1-c1ccccc1. The molecule has 15 heteroatoms. The number of methoxy groups -OCH3 is 1. The topological polar surface area (TPSA) is 165 Å². The van der Waals surface area contributed by atoms with Crippen molar-refractivity contribution >= 4 is 53.4 Å². The third-order valence-electron chi connectivity index (χ3n) is 10.3. The largest absolute Gasteiger partial charge is 0.464 e. The monoisotopic (exact) mass is 842 g/mol. The van der Waals surface area contributed by atoms with Gasteiger partial charge in [-0.05, 0) is 61.6 Å². The highest BCUT2D eigenvalue weighted by Crippen LogP contribution is 2.36. The average Bonchev–Trinajstić information content (AvgIpc) is 3.80. The van der Waals surface area contributed by atoms with E-state index in [0.29, 0.717) is 40.9 Å². The Labute approximate surface area is 347 Å². The van der Waals surface area contributed by atoms with Gasteiger partial charge in [0.05, 0.1) is 16.9 Å². The second-order valence-electron chi connectivity index (χ2n) is 14.6. The highest BCUT2D eigenvalue weighted by Gasteiger charge is 2.27. The summed E-state index contributed by atoms with van der Waals surface area (Å²) in [6.07, 6.45) is 2.35. The number of aromatic amines is 2. The van der Waals surface area contributed by atoms with Crippen molar-refractivity contribution < 1.29 is 31.2 Å². The number of H-pyrrole nitrogens is 2. The second-order valence-corrected chi connectivity index (χ2v) is 18.6. The molecule has 2 aliphatic heterocycles. The first-order valence-corrected chi connectivity index (χ1v) is 22.7. The standard InChI is InChI=1S/C21H23N3O3S.C17H15NO4S.C5H12N2.CH4/c1-23-10-12-24(13-11-23)21(25)20-19(15-6-4-3-5-7-15)17-14-16(28(2,26)27)8-9-18(17)22-20;1-22-17(19)16-15(11-6-4-3-5-7-11)13-10-12(23(2,20)21)8-9-14(13)18-16;1-7-4-2-6-3-5-7;/h3-9,14,22H,10-13H2,1-2H3;3-10,18H,1-2H3;6H,2-5H2,1H3;1H4. The third kappa shape index (κ3) is 10.7. The quantitative estimate of drug-likeness (QED) is 0.175. The molecule has 1 amide bonds. The summed E-state index contributed by atoms with van der Waals surface area (Å²) in [7, 11) is -1.17. The van der Waals surface area contributed by atoms with Crippen LogP contribution in [0.4, 0.5) is 0 Å². The summed E-state index contributed by atoms with van der Waals surface area (Å²) in [6.45, 7) is 7.77. The molecule has 59 heavy (non-hydrogen) atoms. The lowest BCUT2D eigenvalue weighted by Gasteiger charge is -2.32. The van der Waals surface area contributed by atoms with Crippen molar-refractivity contribution in [2.75, 3.05) is 86.1 Å². The zero-order chi connectivity index (χ0) is 41.6. The minimum Gasteiger partial charge on any atom is -0.464 e. The number of carbonyl (C=O) groups is 2. The summed E-state index contributed by atoms with van der Waals surface area (Å²) < 4.78 is 52.6. The molecule has 0 spiro atoms. The third-order valence-corrected chi connectivity index (χ3v) is 12.5. The fraction of sp³-hybridized carbons (Fsp3) is 0.318. The number of hydrogen-bond donors (Lipinski definition) is 3. The predicted molar refractivity (Wildman–Crippen MR) is 236 cm³/mol. The number of sulfone groups is 2. The first-order valence-electron chi connectivity index (χ1n) is 18.9. The van der Waals surface area contributed by atoms with Gasteiger partial charge in [-0.3, -0.25) is 4.79 Å². The summed E-state index contributed by atoms with van der Waals surface area (Å²) in [5.41, 5.74) is 5.33. The van der Waals surface area contributed by atoms with Crippen molar-refractivity contribution in [3.8, 4) is 22.3 Å². The Morgan fingerprint density at radius 2 is 1.02 bits per heavy atom. The number of likely N-dealkylation sites (N-methyl/N-ethyl adjacent to an activating group) is 2. The Balaban J connectivity index is 0.000000192. The Morgan fingerprint density at radius 1 is 0.593 bits per heavy atom. The van der Waals surface area contributed by atoms with Gasteiger partial charge in [0, 0.05) is 97.8 Å². The van der Waals surface area contributed by atoms with E-state index < -0.39 is 25.6 Å². The van der Waals surface area contributed by atoms with Gasteiger partial charge in [0.1, 0.15) is 11.4 Å². The molecule has 4 heterocycles. The number of aromatic nitrogens is 2. The molecule has 6 aromatic rings. The lowest BCUT2D eigenvalue weighted by Crippen LogP contribution is -2.47. The molecular formula is C44H54N6O7S2. The lowest BCUT2D eigenvalue weighted by atomic mass is 10.0. The van der Waals surface area contributed by atoms with Crippen molar-refractivity contribution in [2.45, 2.75) is 17.2 Å². The van der Waals surface area contributed by atoms with E-state index in [4.69, 9.17) is 4.74 Å². The molecule has 8 rings (SSSR count). The van der Waals surface area contributed by atoms with E-state index in [1.807, 2.05) is 72.6 Å². The smallest absolute Gasteiger partial charge is 0.355 e. The molecule has 314 valence electrons. The molecule has 3 N–H and O–H groups in total. The van der Waals surface area contributed by atoms with Crippen LogP contribution in [-0.4, -0.2) is 139 Å².